The molecule has 3 rings (SSSR count). The van der Waals surface area contributed by atoms with Gasteiger partial charge in [0.15, 0.2) is 17.9 Å². The number of hydrogen-bond acceptors (Lipinski definition) is 18. The maximum absolute atomic E-state index is 14.6. The highest BCUT2D eigenvalue weighted by molar-refractivity contribution is 7.80. The van der Waals surface area contributed by atoms with Gasteiger partial charge in [0, 0.05) is 44.1 Å². The third-order valence-electron chi connectivity index (χ3n) is 14.5. The standard InChI is InChI=1S/C57H91N21O12S2/c1-3-31(2)45(53(89)74-38(15-9-23-68-57(64)65)54(90)78-24-10-16-42(78)52(88)75-40(29-91)46(59)82)77-49(85)37(14-8-22-67-56(62)63)72-48(84)36(13-7-21-66-55(60)61)73-51(87)41(30-92)76-50(86)39(26-32-11-5-4-6-12-32)71-44(81)28-69-43(80)27-70-47(83)35(58)25-33-17-19-34(79)20-18-33/h4-6,11-12,17-20,31,35-42,45,79,91-92H,3,7-10,13-16,21-30,58H2,1-2H3,(H2,59,82)(H,69,80)(H,70,83)(H,71,81)(H,72,84)(H,73,87)(H,74,89)(H,75,88)(H,76,86)(H,77,85)(H4,60,61,66)(H4,62,63,67)(H4,64,65,68)/t31-,35-,36-,37-,38-,39-,40+,41+,42-,45-/m0/s1. The molecule has 10 atom stereocenters. The number of likely N-dealkylation sites (tertiary alicyclic amines) is 1. The van der Waals surface area contributed by atoms with Crippen molar-refractivity contribution in [2.75, 3.05) is 50.8 Å². The van der Waals surface area contributed by atoms with Crippen LogP contribution in [0.25, 0.3) is 0 Å². The van der Waals surface area contributed by atoms with Crippen LogP contribution in [0.4, 0.5) is 0 Å². The lowest BCUT2D eigenvalue weighted by molar-refractivity contribution is -0.142. The van der Waals surface area contributed by atoms with Crippen LogP contribution in [0, 0.1) is 5.92 Å². The van der Waals surface area contributed by atoms with E-state index in [1.165, 1.54) is 17.0 Å². The minimum atomic E-state index is -1.46. The van der Waals surface area contributed by atoms with Gasteiger partial charge in [-0.2, -0.15) is 25.3 Å². The number of primary amides is 1. The van der Waals surface area contributed by atoms with Gasteiger partial charge in [-0.1, -0.05) is 62.7 Å². The molecule has 2 aromatic carbocycles. The molecule has 1 aliphatic rings. The van der Waals surface area contributed by atoms with Crippen LogP contribution in [-0.2, 0) is 65.6 Å². The molecule has 0 radical (unpaired) electrons. The van der Waals surface area contributed by atoms with Crippen LogP contribution in [0.3, 0.4) is 0 Å². The molecule has 0 aliphatic carbocycles. The predicted octanol–water partition coefficient (Wildman–Crippen LogP) is -6.33. The molecular weight excluding hydrogens is 1230 g/mol. The van der Waals surface area contributed by atoms with Crippen molar-refractivity contribution in [3.8, 4) is 5.75 Å². The minimum Gasteiger partial charge on any atom is -0.508 e. The summed E-state index contributed by atoms with van der Waals surface area (Å²) < 4.78 is 0. The van der Waals surface area contributed by atoms with Gasteiger partial charge in [-0.25, -0.2) is 0 Å². The molecule has 26 N–H and O–H groups in total. The summed E-state index contributed by atoms with van der Waals surface area (Å²) in [5.74, 6) is -10.4. The van der Waals surface area contributed by atoms with Gasteiger partial charge < -0.3 is 104 Å². The minimum absolute atomic E-state index is 0.00355. The average molecular weight is 1330 g/mol. The summed E-state index contributed by atoms with van der Waals surface area (Å²) in [6, 6.07) is 3.04. The van der Waals surface area contributed by atoms with Crippen molar-refractivity contribution in [2.45, 2.75) is 139 Å². The van der Waals surface area contributed by atoms with Crippen LogP contribution in [0.15, 0.2) is 69.6 Å². The summed E-state index contributed by atoms with van der Waals surface area (Å²) in [5.41, 5.74) is 46.1. The van der Waals surface area contributed by atoms with Crippen LogP contribution in [0.2, 0.25) is 0 Å². The number of phenols is 1. The maximum atomic E-state index is 14.6. The molecule has 0 aromatic heterocycles. The van der Waals surface area contributed by atoms with E-state index in [2.05, 4.69) is 88.1 Å². The number of nitrogens with two attached hydrogens (primary N) is 8. The third kappa shape index (κ3) is 28.0. The first-order valence-corrected chi connectivity index (χ1v) is 31.2. The Morgan fingerprint density at radius 2 is 1.03 bits per heavy atom. The van der Waals surface area contributed by atoms with Gasteiger partial charge in [-0.15, -0.1) is 0 Å². The Labute approximate surface area is 544 Å². The first-order chi connectivity index (χ1) is 43.7. The number of nitrogens with zero attached hydrogens (tertiary/aromatic N) is 4. The zero-order chi connectivity index (χ0) is 68.5. The number of rotatable bonds is 40. The molecule has 0 bridgehead atoms. The van der Waals surface area contributed by atoms with E-state index in [-0.39, 0.29) is 119 Å². The van der Waals surface area contributed by atoms with E-state index in [0.717, 1.165) is 0 Å². The van der Waals surface area contributed by atoms with Crippen molar-refractivity contribution in [1.82, 2.24) is 52.8 Å². The highest BCUT2D eigenvalue weighted by Crippen LogP contribution is 2.21. The number of carbonyl (C=O) groups is 11. The van der Waals surface area contributed by atoms with Crippen molar-refractivity contribution >= 4 is 108 Å². The number of benzene rings is 2. The number of carbonyl (C=O) groups excluding carboxylic acids is 11. The normalized spacial score (nSPS) is 15.4. The third-order valence-corrected chi connectivity index (χ3v) is 15.3. The van der Waals surface area contributed by atoms with E-state index in [1.807, 2.05) is 0 Å². The molecule has 2 aromatic rings. The lowest BCUT2D eigenvalue weighted by Gasteiger charge is -2.32. The van der Waals surface area contributed by atoms with Gasteiger partial charge in [-0.05, 0) is 87.0 Å². The van der Waals surface area contributed by atoms with Gasteiger partial charge in [0.2, 0.25) is 65.0 Å². The van der Waals surface area contributed by atoms with E-state index < -0.39 is 138 Å². The van der Waals surface area contributed by atoms with E-state index in [4.69, 9.17) is 45.9 Å². The van der Waals surface area contributed by atoms with Gasteiger partial charge in [0.25, 0.3) is 0 Å². The Kier molecular flexibility index (Phi) is 34.0. The Morgan fingerprint density at radius 3 is 1.55 bits per heavy atom. The summed E-state index contributed by atoms with van der Waals surface area (Å²) in [6.45, 7) is 2.43. The smallest absolute Gasteiger partial charge is 0.245 e. The Balaban J connectivity index is 1.87. The molecule has 0 saturated carbocycles. The molecule has 0 spiro atoms. The lowest BCUT2D eigenvalue weighted by atomic mass is 9.96. The first kappa shape index (κ1) is 77.1. The van der Waals surface area contributed by atoms with Gasteiger partial charge in [0.1, 0.15) is 54.1 Å². The molecule has 1 saturated heterocycles. The maximum Gasteiger partial charge on any atom is 0.245 e. The fourth-order valence-electron chi connectivity index (χ4n) is 9.33. The predicted molar refractivity (Wildman–Crippen MR) is 350 cm³/mol. The second kappa shape index (κ2) is 40.6. The van der Waals surface area contributed by atoms with Crippen molar-refractivity contribution in [1.29, 1.82) is 0 Å². The summed E-state index contributed by atoms with van der Waals surface area (Å²) in [4.78, 5) is 164. The van der Waals surface area contributed by atoms with E-state index >= 15 is 0 Å². The zero-order valence-electron chi connectivity index (χ0n) is 51.6. The molecule has 1 fully saturated rings. The summed E-state index contributed by atoms with van der Waals surface area (Å²) in [5, 5.41) is 32.8. The average Bonchev–Trinajstić information content (AvgIpc) is 1.65. The van der Waals surface area contributed by atoms with Crippen LogP contribution < -0.4 is 93.7 Å². The second-order valence-corrected chi connectivity index (χ2v) is 22.5. The Morgan fingerprint density at radius 1 is 0.554 bits per heavy atom. The summed E-state index contributed by atoms with van der Waals surface area (Å²) >= 11 is 8.42. The van der Waals surface area contributed by atoms with Crippen molar-refractivity contribution < 1.29 is 57.8 Å². The van der Waals surface area contributed by atoms with E-state index in [1.54, 1.807) is 56.3 Å². The number of hydrogen-bond donors (Lipinski definition) is 20. The Hall–Kier alpha value is -9.12. The van der Waals surface area contributed by atoms with Crippen LogP contribution in [-0.4, -0.2) is 198 Å². The second-order valence-electron chi connectivity index (χ2n) is 21.8. The number of aromatic hydroxyl groups is 1. The molecule has 1 heterocycles. The fraction of sp³-hybridized carbons (Fsp3) is 0.544. The highest BCUT2D eigenvalue weighted by Gasteiger charge is 2.40. The first-order valence-electron chi connectivity index (χ1n) is 29.9. The molecule has 1 aliphatic heterocycles. The largest absolute Gasteiger partial charge is 0.508 e. The van der Waals surface area contributed by atoms with Crippen molar-refractivity contribution in [2.24, 2.45) is 66.8 Å². The number of nitrogens with one attached hydrogen (secondary N) is 9. The topological polar surface area (TPSA) is 565 Å². The lowest BCUT2D eigenvalue weighted by Crippen LogP contribution is -2.61. The van der Waals surface area contributed by atoms with Crippen molar-refractivity contribution in [3.63, 3.8) is 0 Å². The SMILES string of the molecule is CC[C@H](C)[C@H](NC(=O)[C@H](CCCN=C(N)N)NC(=O)[C@H](CCCN=C(N)N)NC(=O)[C@@H](CS)NC(=O)[C@H](Cc1ccccc1)NC(=O)CNC(=O)CNC(=O)[C@@H](N)Cc1ccc(O)cc1)C(=O)N[C@@H](CCCN=C(N)N)C(=O)N1CCC[C@H]1C(=O)N[C@H](CS)C(N)=O. The molecule has 508 valence electrons. The quantitative estimate of drug-likeness (QED) is 0.0128. The number of guanidine groups is 3. The molecule has 33 nitrogen and oxygen atoms in total. The van der Waals surface area contributed by atoms with E-state index in [9.17, 15) is 57.8 Å². The van der Waals surface area contributed by atoms with E-state index in [0.29, 0.717) is 24.0 Å². The number of amides is 11. The number of phenolic OH excluding ortho intramolecular Hbond substituents is 1. The van der Waals surface area contributed by atoms with Crippen LogP contribution in [0.1, 0.15) is 82.8 Å². The number of aliphatic imine (C=N–C) groups is 3. The van der Waals surface area contributed by atoms with Gasteiger partial charge in [-0.3, -0.25) is 67.7 Å². The summed E-state index contributed by atoms with van der Waals surface area (Å²) in [6.07, 6.45) is 1.05. The molecule has 35 heteroatoms. The van der Waals surface area contributed by atoms with Gasteiger partial charge in [0.05, 0.1) is 19.1 Å². The van der Waals surface area contributed by atoms with Crippen LogP contribution >= 0.6 is 25.3 Å². The molecule has 92 heavy (non-hydrogen) atoms. The summed E-state index contributed by atoms with van der Waals surface area (Å²) in [7, 11) is 0. The Bertz CT molecular complexity index is 2900. The fourth-order valence-corrected chi connectivity index (χ4v) is 9.86. The monoisotopic (exact) mass is 1330 g/mol. The molecule has 11 amide bonds. The van der Waals surface area contributed by atoms with Crippen molar-refractivity contribution in [3.05, 3.63) is 65.7 Å². The van der Waals surface area contributed by atoms with Gasteiger partial charge >= 0.3 is 0 Å². The number of thiol groups is 2. The molecular formula is C57H91N21O12S2. The highest BCUT2D eigenvalue weighted by atomic mass is 32.1. The molecule has 0 unspecified atom stereocenters. The van der Waals surface area contributed by atoms with Crippen LogP contribution in [0.5, 0.6) is 5.75 Å². The zero-order valence-corrected chi connectivity index (χ0v) is 53.4.